The minimum absolute atomic E-state index is 0.107. The van der Waals surface area contributed by atoms with Crippen LogP contribution >= 0.6 is 0 Å². The molecule has 2 amide bonds. The number of carbonyl (C=O) groups is 2. The summed E-state index contributed by atoms with van der Waals surface area (Å²) < 4.78 is 41.1. The lowest BCUT2D eigenvalue weighted by molar-refractivity contribution is -0.128. The Kier molecular flexibility index (Phi) is 7.69. The number of rotatable bonds is 9. The third kappa shape index (κ3) is 6.09. The molecule has 0 unspecified atom stereocenters. The number of carbonyl (C=O) groups excluding carboxylic acids is 2. The molecule has 0 saturated carbocycles. The summed E-state index contributed by atoms with van der Waals surface area (Å²) in [6.45, 7) is 3.01. The molecule has 0 radical (unpaired) electrons. The van der Waals surface area contributed by atoms with E-state index in [0.717, 1.165) is 46.1 Å². The van der Waals surface area contributed by atoms with Gasteiger partial charge in [-0.15, -0.1) is 0 Å². The molecule has 1 fully saturated rings. The third-order valence-corrected chi connectivity index (χ3v) is 7.86. The van der Waals surface area contributed by atoms with Gasteiger partial charge in [0.1, 0.15) is 12.4 Å². The molecule has 36 heavy (non-hydrogen) atoms. The van der Waals surface area contributed by atoms with Crippen LogP contribution in [0.5, 0.6) is 0 Å². The van der Waals surface area contributed by atoms with Gasteiger partial charge in [0.15, 0.2) is 0 Å². The first kappa shape index (κ1) is 25.4. The van der Waals surface area contributed by atoms with Gasteiger partial charge < -0.3 is 10.2 Å². The number of benzene rings is 3. The summed E-state index contributed by atoms with van der Waals surface area (Å²) in [4.78, 5) is 26.4. The molecular formula is C27H28FN3O4S. The van der Waals surface area contributed by atoms with Gasteiger partial charge in [-0.3, -0.25) is 13.9 Å². The van der Waals surface area contributed by atoms with Gasteiger partial charge in [-0.2, -0.15) is 0 Å². The maximum Gasteiger partial charge on any atom is 0.264 e. The molecule has 1 aliphatic heterocycles. The highest BCUT2D eigenvalue weighted by atomic mass is 32.2. The zero-order chi connectivity index (χ0) is 25.7. The van der Waals surface area contributed by atoms with Crippen molar-refractivity contribution in [1.29, 1.82) is 0 Å². The van der Waals surface area contributed by atoms with Crippen molar-refractivity contribution in [3.05, 3.63) is 95.3 Å². The fourth-order valence-corrected chi connectivity index (χ4v) is 5.42. The van der Waals surface area contributed by atoms with Crippen molar-refractivity contribution in [3.8, 4) is 0 Å². The standard InChI is InChI=1S/C27H28FN3O4S/c1-20-4-12-24(13-5-20)31(36(34,35)25-14-10-23(28)11-15-25)19-26(32)29-17-21-6-8-22(9-7-21)18-30-16-2-3-27(30)33/h4-15H,2-3,16-19H2,1H3,(H,29,32). The van der Waals surface area contributed by atoms with Crippen molar-refractivity contribution in [2.75, 3.05) is 17.4 Å². The number of sulfonamides is 1. The Morgan fingerprint density at radius 2 is 1.61 bits per heavy atom. The first-order valence-electron chi connectivity index (χ1n) is 11.7. The van der Waals surface area contributed by atoms with Crippen LogP contribution in [0.2, 0.25) is 0 Å². The average molecular weight is 510 g/mol. The SMILES string of the molecule is Cc1ccc(N(CC(=O)NCc2ccc(CN3CCCC3=O)cc2)S(=O)(=O)c2ccc(F)cc2)cc1. The van der Waals surface area contributed by atoms with E-state index < -0.39 is 28.3 Å². The maximum atomic E-state index is 13.4. The second kappa shape index (κ2) is 10.9. The lowest BCUT2D eigenvalue weighted by atomic mass is 10.1. The van der Waals surface area contributed by atoms with Gasteiger partial charge in [-0.1, -0.05) is 42.0 Å². The molecule has 4 rings (SSSR count). The smallest absolute Gasteiger partial charge is 0.264 e. The second-order valence-corrected chi connectivity index (χ2v) is 10.7. The van der Waals surface area contributed by atoms with Crippen molar-refractivity contribution >= 4 is 27.5 Å². The number of halogens is 1. The Hall–Kier alpha value is -3.72. The highest BCUT2D eigenvalue weighted by Gasteiger charge is 2.27. The zero-order valence-corrected chi connectivity index (χ0v) is 20.8. The van der Waals surface area contributed by atoms with Crippen LogP contribution in [0.1, 0.15) is 29.5 Å². The molecule has 3 aromatic carbocycles. The molecule has 0 bridgehead atoms. The van der Waals surface area contributed by atoms with Gasteiger partial charge >= 0.3 is 0 Å². The molecule has 1 saturated heterocycles. The van der Waals surface area contributed by atoms with Gasteiger partial charge in [0.25, 0.3) is 10.0 Å². The normalized spacial score (nSPS) is 13.6. The molecule has 1 N–H and O–H groups in total. The Labute approximate surface area is 210 Å². The summed E-state index contributed by atoms with van der Waals surface area (Å²) in [6, 6.07) is 18.9. The van der Waals surface area contributed by atoms with E-state index in [9.17, 15) is 22.4 Å². The quantitative estimate of drug-likeness (QED) is 0.476. The van der Waals surface area contributed by atoms with Crippen LogP contribution in [0, 0.1) is 12.7 Å². The van der Waals surface area contributed by atoms with Crippen LogP contribution in [0.25, 0.3) is 0 Å². The molecule has 0 atom stereocenters. The van der Waals surface area contributed by atoms with Crippen LogP contribution in [0.4, 0.5) is 10.1 Å². The summed E-state index contributed by atoms with van der Waals surface area (Å²) in [5.74, 6) is -0.861. The van der Waals surface area contributed by atoms with E-state index in [1.165, 1.54) is 12.1 Å². The van der Waals surface area contributed by atoms with E-state index in [1.54, 1.807) is 24.3 Å². The molecule has 0 aliphatic carbocycles. The van der Waals surface area contributed by atoms with Crippen LogP contribution < -0.4 is 9.62 Å². The Bertz CT molecular complexity index is 1320. The van der Waals surface area contributed by atoms with E-state index in [1.807, 2.05) is 36.1 Å². The van der Waals surface area contributed by atoms with Crippen LogP contribution in [0.3, 0.4) is 0 Å². The predicted molar refractivity (Wildman–Crippen MR) is 135 cm³/mol. The Morgan fingerprint density at radius 1 is 0.972 bits per heavy atom. The number of likely N-dealkylation sites (tertiary alicyclic amines) is 1. The summed E-state index contributed by atoms with van der Waals surface area (Å²) in [6.07, 6.45) is 1.49. The van der Waals surface area contributed by atoms with E-state index >= 15 is 0 Å². The lowest BCUT2D eigenvalue weighted by Gasteiger charge is -2.24. The minimum atomic E-state index is -4.11. The van der Waals surface area contributed by atoms with Crippen LogP contribution in [-0.4, -0.2) is 38.2 Å². The van der Waals surface area contributed by atoms with Crippen molar-refractivity contribution in [3.63, 3.8) is 0 Å². The number of aryl methyl sites for hydroxylation is 1. The predicted octanol–water partition coefficient (Wildman–Crippen LogP) is 3.77. The Balaban J connectivity index is 1.44. The number of hydrogen-bond donors (Lipinski definition) is 1. The number of amides is 2. The molecular weight excluding hydrogens is 481 g/mol. The summed E-state index contributed by atoms with van der Waals surface area (Å²) in [7, 11) is -4.11. The van der Waals surface area contributed by atoms with Gasteiger partial charge in [0.05, 0.1) is 10.6 Å². The molecule has 7 nitrogen and oxygen atoms in total. The molecule has 188 valence electrons. The molecule has 1 aliphatic rings. The zero-order valence-electron chi connectivity index (χ0n) is 20.0. The molecule has 1 heterocycles. The average Bonchev–Trinajstić information content (AvgIpc) is 3.27. The number of nitrogens with zero attached hydrogens (tertiary/aromatic N) is 2. The molecule has 0 spiro atoms. The fraction of sp³-hybridized carbons (Fsp3) is 0.259. The third-order valence-electron chi connectivity index (χ3n) is 6.07. The van der Waals surface area contributed by atoms with Crippen LogP contribution in [-0.2, 0) is 32.7 Å². The van der Waals surface area contributed by atoms with E-state index in [0.29, 0.717) is 18.7 Å². The van der Waals surface area contributed by atoms with E-state index in [2.05, 4.69) is 5.32 Å². The molecule has 0 aromatic heterocycles. The van der Waals surface area contributed by atoms with E-state index in [-0.39, 0.29) is 17.3 Å². The summed E-state index contributed by atoms with van der Waals surface area (Å²) >= 11 is 0. The van der Waals surface area contributed by atoms with Gasteiger partial charge in [0.2, 0.25) is 11.8 Å². The number of hydrogen-bond acceptors (Lipinski definition) is 4. The van der Waals surface area contributed by atoms with Crippen molar-refractivity contribution < 1.29 is 22.4 Å². The second-order valence-electron chi connectivity index (χ2n) is 8.81. The van der Waals surface area contributed by atoms with Crippen molar-refractivity contribution in [2.45, 2.75) is 37.8 Å². The largest absolute Gasteiger partial charge is 0.350 e. The summed E-state index contributed by atoms with van der Waals surface area (Å²) in [5.41, 5.74) is 3.14. The monoisotopic (exact) mass is 509 g/mol. The van der Waals surface area contributed by atoms with Crippen molar-refractivity contribution in [2.24, 2.45) is 0 Å². The first-order chi connectivity index (χ1) is 17.2. The van der Waals surface area contributed by atoms with Gasteiger partial charge in [0, 0.05) is 26.1 Å². The summed E-state index contributed by atoms with van der Waals surface area (Å²) in [5, 5.41) is 2.77. The van der Waals surface area contributed by atoms with Gasteiger partial charge in [-0.05, 0) is 60.9 Å². The van der Waals surface area contributed by atoms with Crippen LogP contribution in [0.15, 0.2) is 77.7 Å². The molecule has 9 heteroatoms. The Morgan fingerprint density at radius 3 is 2.22 bits per heavy atom. The van der Waals surface area contributed by atoms with E-state index in [4.69, 9.17) is 0 Å². The molecule has 3 aromatic rings. The highest BCUT2D eigenvalue weighted by Crippen LogP contribution is 2.24. The topological polar surface area (TPSA) is 86.8 Å². The minimum Gasteiger partial charge on any atom is -0.350 e. The van der Waals surface area contributed by atoms with Crippen molar-refractivity contribution in [1.82, 2.24) is 10.2 Å². The fourth-order valence-electron chi connectivity index (χ4n) is 4.00. The number of anilines is 1. The maximum absolute atomic E-state index is 13.4. The first-order valence-corrected chi connectivity index (χ1v) is 13.1. The van der Waals surface area contributed by atoms with Gasteiger partial charge in [-0.25, -0.2) is 12.8 Å². The number of nitrogens with one attached hydrogen (secondary N) is 1. The lowest BCUT2D eigenvalue weighted by Crippen LogP contribution is -2.40. The highest BCUT2D eigenvalue weighted by molar-refractivity contribution is 7.92.